The number of aromatic amines is 2. The van der Waals surface area contributed by atoms with Crippen LogP contribution in [0, 0.1) is 66.7 Å². The second kappa shape index (κ2) is 42.7. The molecule has 0 amide bonds. The van der Waals surface area contributed by atoms with Gasteiger partial charge in [-0.1, -0.05) is 47.0 Å². The van der Waals surface area contributed by atoms with Crippen molar-refractivity contribution >= 4 is 190 Å². The molecule has 0 atom stereocenters. The van der Waals surface area contributed by atoms with Crippen molar-refractivity contribution < 1.29 is 26.1 Å². The number of H-pyrrole nitrogens is 2. The number of benzene rings is 2. The molecule has 2 aromatic carbocycles. The van der Waals surface area contributed by atoms with Crippen LogP contribution >= 0.6 is 87.7 Å². The number of hydrogen-bond donors (Lipinski definition) is 7. The number of anilines is 1. The maximum Gasteiger partial charge on any atom is 0.498 e. The van der Waals surface area contributed by atoms with Gasteiger partial charge in [-0.15, -0.1) is 12.4 Å². The zero-order valence-corrected chi connectivity index (χ0v) is 76.3. The lowest BCUT2D eigenvalue weighted by molar-refractivity contribution is 0.00578. The van der Waals surface area contributed by atoms with Gasteiger partial charge in [0.25, 0.3) is 21.1 Å². The van der Waals surface area contributed by atoms with Crippen molar-refractivity contribution in [3.8, 4) is 0 Å². The van der Waals surface area contributed by atoms with Crippen molar-refractivity contribution in [2.24, 2.45) is 17.5 Å². The van der Waals surface area contributed by atoms with Crippen LogP contribution in [-0.2, 0) is 29.2 Å². The molecule has 0 spiro atoms. The van der Waals surface area contributed by atoms with Crippen molar-refractivity contribution in [3.05, 3.63) is 191 Å². The molecule has 42 heteroatoms. The average molecular weight is 1890 g/mol. The van der Waals surface area contributed by atoms with Crippen LogP contribution in [0.15, 0.2) is 104 Å². The molecule has 1 aliphatic heterocycles. The maximum absolute atomic E-state index is 12.4. The zero-order chi connectivity index (χ0) is 84.1. The summed E-state index contributed by atoms with van der Waals surface area (Å²) in [4.78, 5) is 73.7. The number of hydrogen-bond acceptors (Lipinski definition) is 21. The number of aryl methyl sites for hydroxylation is 8. The van der Waals surface area contributed by atoms with Gasteiger partial charge in [0.15, 0.2) is 9.84 Å². The highest BCUT2D eigenvalue weighted by Gasteiger charge is 2.52. The molecule has 7 saturated carbocycles. The third-order valence-electron chi connectivity index (χ3n) is 19.3. The van der Waals surface area contributed by atoms with Crippen LogP contribution in [0.25, 0.3) is 0 Å². The lowest BCUT2D eigenvalue weighted by Gasteiger charge is -2.32. The summed E-state index contributed by atoms with van der Waals surface area (Å²) in [5.41, 5.74) is 12.7. The number of halogens is 6. The van der Waals surface area contributed by atoms with Crippen LogP contribution in [0.3, 0.4) is 0 Å². The summed E-state index contributed by atoms with van der Waals surface area (Å²) >= 11 is 19.2. The fourth-order valence-electron chi connectivity index (χ4n) is 10.3. The second-order valence-electron chi connectivity index (χ2n) is 30.5. The molecule has 8 fully saturated rings. The Morgan fingerprint density at radius 3 is 1.37 bits per heavy atom. The Balaban J connectivity index is 0.000000183. The normalized spacial score (nSPS) is 16.6. The molecule has 1 saturated heterocycles. The van der Waals surface area contributed by atoms with Crippen LogP contribution < -0.4 is 38.3 Å². The number of hydrazine groups is 1. The van der Waals surface area contributed by atoms with E-state index in [0.717, 1.165) is 133 Å². The fraction of sp³-hybridized carbons (Fsp3) is 0.493. The Morgan fingerprint density at radius 1 is 0.565 bits per heavy atom. The largest absolute Gasteiger partial charge is 0.498 e. The number of rotatable bonds is 16. The van der Waals surface area contributed by atoms with Gasteiger partial charge < -0.3 is 30.3 Å². The molecule has 8 aromatic rings. The van der Waals surface area contributed by atoms with Crippen LogP contribution in [0.4, 0.5) is 5.82 Å². The van der Waals surface area contributed by atoms with E-state index in [1.54, 1.807) is 41.2 Å². The molecule has 7 heterocycles. The van der Waals surface area contributed by atoms with E-state index in [9.17, 15) is 26.4 Å². The lowest BCUT2D eigenvalue weighted by atomic mass is 8.68. The molecular weight excluding hydrogens is 1790 g/mol. The predicted molar refractivity (Wildman–Crippen MR) is 480 cm³/mol. The predicted octanol–water partition coefficient (Wildman–Crippen LogP) is 11.6. The SMILES string of the molecule is Cc1cc(=O)[nH]c(C2CC2)n1.Cc1ccc(S(=O)(=O)CNc2nc(C3CC3)nc(C)c2Br)cc1.Cc1ccc(S(=O)(=O)NN)cc1.Cc1nc(C2CC2)[nH]c(=O)c1Br.Cc1nc(C2CC2)nc(Cl)c1Br.Cc1nc(C2CC2)ncc1B1OC(C)(C)C(C)(C)O1.Cc1nc(C2CC2)ncc1Br.Cl.N=C(N)C1CC1.[B]B([B])B([B])B([B])[B]. The molecule has 8 aliphatic rings. The van der Waals surface area contributed by atoms with Gasteiger partial charge >= 0.3 is 7.12 Å². The Bertz CT molecular complexity index is 4980. The van der Waals surface area contributed by atoms with Crippen molar-refractivity contribution in [1.29, 1.82) is 5.41 Å². The highest BCUT2D eigenvalue weighted by Crippen LogP contribution is 2.43. The fourth-order valence-corrected chi connectivity index (χ4v) is 13.0. The number of amidine groups is 1. The van der Waals surface area contributed by atoms with Gasteiger partial charge in [-0.05, 0) is 261 Å². The summed E-state index contributed by atoms with van der Waals surface area (Å²) in [6.07, 6.45) is 18.5. The van der Waals surface area contributed by atoms with E-state index in [4.69, 9.17) is 76.6 Å². The van der Waals surface area contributed by atoms with Crippen molar-refractivity contribution in [2.45, 2.75) is 229 Å². The maximum atomic E-state index is 12.4. The first-order valence-electron chi connectivity index (χ1n) is 37.7. The monoisotopic (exact) mass is 1890 g/mol. The van der Waals surface area contributed by atoms with Crippen molar-refractivity contribution in [1.82, 2.24) is 64.6 Å². The Kier molecular flexibility index (Phi) is 35.9. The molecule has 10 radical (unpaired) electrons. The van der Waals surface area contributed by atoms with Gasteiger partial charge in [-0.25, -0.2) is 66.7 Å². The molecule has 16 rings (SSSR count). The molecule has 6 aromatic heterocycles. The van der Waals surface area contributed by atoms with E-state index in [-0.39, 0.29) is 52.6 Å². The summed E-state index contributed by atoms with van der Waals surface area (Å²) in [5.74, 6) is 14.7. The molecule has 0 bridgehead atoms. The van der Waals surface area contributed by atoms with Crippen LogP contribution in [-0.4, -0.2) is 165 Å². The van der Waals surface area contributed by atoms with Gasteiger partial charge in [0.05, 0.1) is 63.0 Å². The van der Waals surface area contributed by atoms with E-state index in [2.05, 4.69) is 157 Å². The molecule has 7 aliphatic carbocycles. The molecular formula is C73H94B9Br4Cl2N17O8S2. The lowest BCUT2D eigenvalue weighted by Crippen LogP contribution is -2.52. The highest BCUT2D eigenvalue weighted by molar-refractivity contribution is 9.11. The number of nitrogens with two attached hydrogens (primary N) is 2. The van der Waals surface area contributed by atoms with Gasteiger partial charge in [-0.3, -0.25) is 20.8 Å². The van der Waals surface area contributed by atoms with Crippen LogP contribution in [0.1, 0.15) is 233 Å². The summed E-state index contributed by atoms with van der Waals surface area (Å²) in [6.45, 7) is 23.5. The highest BCUT2D eigenvalue weighted by atomic mass is 79.9. The minimum Gasteiger partial charge on any atom is -0.399 e. The zero-order valence-electron chi connectivity index (χ0n) is 66.7. The van der Waals surface area contributed by atoms with Gasteiger partial charge in [0, 0.05) is 135 Å². The Labute approximate surface area is 728 Å². The Hall–Kier alpha value is -5.39. The van der Waals surface area contributed by atoms with Crippen LogP contribution in [0.2, 0.25) is 5.15 Å². The molecule has 115 heavy (non-hydrogen) atoms. The first-order chi connectivity index (χ1) is 53.5. The third kappa shape index (κ3) is 30.4. The van der Waals surface area contributed by atoms with Gasteiger partial charge in [0.1, 0.15) is 56.3 Å². The molecule has 600 valence electrons. The van der Waals surface area contributed by atoms with Crippen molar-refractivity contribution in [2.75, 3.05) is 11.2 Å². The van der Waals surface area contributed by atoms with E-state index in [0.29, 0.717) is 72.1 Å². The second-order valence-corrected chi connectivity index (χ2v) is 37.8. The van der Waals surface area contributed by atoms with E-state index in [1.165, 1.54) is 69.6 Å². The first kappa shape index (κ1) is 96.7. The topological polar surface area (TPSA) is 381 Å². The number of nitrogens with one attached hydrogen (secondary N) is 5. The smallest absolute Gasteiger partial charge is 0.399 e. The minimum absolute atomic E-state index is 0. The standard InChI is InChI=1S/C16H18BrN3O2S.C14H21BN2O2.C8H8BrClN2.C8H9BrN2O.C8H9BrN2.C8H10N2O.C7H10N2O2S.C4H8N2.B8.ClH/c1-10-3-7-13(8-4-10)23(21,22)9-18-16-14(17)11(2)19-15(20-16)12-5-6-12;1-9-11(8-16-12(17-9)10-6-7-10)15-18-13(2,3)14(4,5)19-15;1-4-6(9)7(10)12-8(11-4)5-2-3-5;1-4-6(9)8(12)11-7(10-4)5-2-3-5;1-5-7(9)4-10-8(11-5)6-2-3-6;1-5-4-7(11)10-8(9-5)6-2-3-6;1-6-2-4-7(5-3-6)12(10,11)9-8;5-4(6)3-1-2-3;1-6(2)8(5)7(3)4;/h3-4,7-8,12H,5-6,9H2,1-2H3,(H,18,19,20);8,10H,6-7H2,1-5H3;5H,2-3H2,1H3;5H,2-3H2,1H3,(H,10,11,12);4,6H,2-3H2,1H3;4,6H,2-3H2,1H3,(H,9,10,11);2-5,9H,8H2,1H3;3H,1-2H2,(H3,5,6);;1H. The molecule has 9 N–H and O–H groups in total. The minimum atomic E-state index is -3.49. The van der Waals surface area contributed by atoms with E-state index < -0.39 is 39.0 Å². The molecule has 25 nitrogen and oxygen atoms in total. The third-order valence-corrected chi connectivity index (χ3v) is 26.2. The summed E-state index contributed by atoms with van der Waals surface area (Å²) in [5, 5.41) is 10.3. The van der Waals surface area contributed by atoms with Crippen molar-refractivity contribution in [3.63, 3.8) is 0 Å². The number of aromatic nitrogens is 12. The van der Waals surface area contributed by atoms with E-state index in [1.807, 2.05) is 67.8 Å². The summed E-state index contributed by atoms with van der Waals surface area (Å²) in [6, 6.07) is 14.8. The van der Waals surface area contributed by atoms with Gasteiger partial charge in [0.2, 0.25) is 0 Å². The average Bonchev–Trinajstić information content (AvgIpc) is 1.62. The number of nitrogens with zero attached hydrogens (tertiary/aromatic N) is 10. The summed E-state index contributed by atoms with van der Waals surface area (Å²) in [7, 11) is 18.5. The number of sulfone groups is 1. The van der Waals surface area contributed by atoms with E-state index >= 15 is 0 Å². The Morgan fingerprint density at radius 2 is 0.983 bits per heavy atom. The first-order valence-corrected chi connectivity index (χ1v) is 44.4. The van der Waals surface area contributed by atoms with Gasteiger partial charge in [-0.2, -0.15) is 4.83 Å². The molecule has 0 unspecified atom stereocenters. The summed E-state index contributed by atoms with van der Waals surface area (Å²) < 4.78 is 62.2. The number of sulfonamides is 1. The quantitative estimate of drug-likeness (QED) is 0.0118. The van der Waals surface area contributed by atoms with Crippen LogP contribution in [0.5, 0.6) is 0 Å².